The van der Waals surface area contributed by atoms with Crippen LogP contribution < -0.4 is 9.80 Å². The molecule has 18 heavy (non-hydrogen) atoms. The summed E-state index contributed by atoms with van der Waals surface area (Å²) in [7, 11) is 2.12. The molecule has 0 radical (unpaired) electrons. The fourth-order valence-corrected chi connectivity index (χ4v) is 2.50. The molecule has 2 heterocycles. The van der Waals surface area contributed by atoms with Crippen molar-refractivity contribution < 1.29 is 0 Å². The fourth-order valence-electron chi connectivity index (χ4n) is 2.33. The van der Waals surface area contributed by atoms with Crippen molar-refractivity contribution in [3.8, 4) is 0 Å². The van der Waals surface area contributed by atoms with Gasteiger partial charge in [0.25, 0.3) is 0 Å². The number of nitrogens with zero attached hydrogens (tertiary/aromatic N) is 3. The molecule has 2 aromatic rings. The Balaban J connectivity index is 2.07. The molecule has 1 aromatic heterocycles. The van der Waals surface area contributed by atoms with E-state index in [0.29, 0.717) is 5.15 Å². The number of hydrogen-bond donors (Lipinski definition) is 0. The summed E-state index contributed by atoms with van der Waals surface area (Å²) in [4.78, 5) is 8.59. The molecular weight excluding hydrogens is 246 g/mol. The summed E-state index contributed by atoms with van der Waals surface area (Å²) in [6.45, 7) is 1.95. The van der Waals surface area contributed by atoms with E-state index in [4.69, 9.17) is 11.6 Å². The summed E-state index contributed by atoms with van der Waals surface area (Å²) in [6.07, 6.45) is 1.75. The topological polar surface area (TPSA) is 19.4 Å². The maximum absolute atomic E-state index is 5.97. The van der Waals surface area contributed by atoms with Crippen molar-refractivity contribution in [1.82, 2.24) is 4.98 Å². The van der Waals surface area contributed by atoms with Crippen molar-refractivity contribution in [2.24, 2.45) is 0 Å². The predicted octanol–water partition coefficient (Wildman–Crippen LogP) is 3.32. The highest BCUT2D eigenvalue weighted by molar-refractivity contribution is 6.29. The number of pyridine rings is 1. The lowest BCUT2D eigenvalue weighted by molar-refractivity contribution is 0.821. The van der Waals surface area contributed by atoms with Crippen LogP contribution in [0, 0.1) is 0 Å². The summed E-state index contributed by atoms with van der Waals surface area (Å²) in [5.41, 5.74) is 3.56. The van der Waals surface area contributed by atoms with Gasteiger partial charge in [-0.05, 0) is 24.3 Å². The molecule has 92 valence electrons. The van der Waals surface area contributed by atoms with Crippen LogP contribution in [0.25, 0.3) is 0 Å². The van der Waals surface area contributed by atoms with Gasteiger partial charge < -0.3 is 9.80 Å². The van der Waals surface area contributed by atoms with E-state index >= 15 is 0 Å². The minimum atomic E-state index is 0.531. The molecule has 0 aliphatic carbocycles. The maximum Gasteiger partial charge on any atom is 0.131 e. The van der Waals surface area contributed by atoms with E-state index in [1.165, 1.54) is 11.4 Å². The van der Waals surface area contributed by atoms with Crippen LogP contribution in [0.15, 0.2) is 42.6 Å². The Labute approximate surface area is 112 Å². The molecular formula is C14H14ClN3. The van der Waals surface area contributed by atoms with Crippen LogP contribution in [0.4, 0.5) is 17.1 Å². The highest BCUT2D eigenvalue weighted by Gasteiger charge is 2.20. The Bertz CT molecular complexity index is 570. The summed E-state index contributed by atoms with van der Waals surface area (Å²) in [6, 6.07) is 12.3. The highest BCUT2D eigenvalue weighted by atomic mass is 35.5. The first-order valence-electron chi connectivity index (χ1n) is 5.95. The van der Waals surface area contributed by atoms with E-state index in [0.717, 1.165) is 18.8 Å². The largest absolute Gasteiger partial charge is 0.371 e. The lowest BCUT2D eigenvalue weighted by atomic mass is 10.1. The molecule has 1 aliphatic heterocycles. The molecule has 0 fully saturated rings. The first-order valence-corrected chi connectivity index (χ1v) is 6.33. The molecule has 0 spiro atoms. The van der Waals surface area contributed by atoms with Gasteiger partial charge in [-0.15, -0.1) is 0 Å². The van der Waals surface area contributed by atoms with Crippen molar-refractivity contribution in [2.45, 2.75) is 0 Å². The van der Waals surface area contributed by atoms with E-state index in [1.807, 2.05) is 12.1 Å². The zero-order chi connectivity index (χ0) is 12.5. The minimum Gasteiger partial charge on any atom is -0.371 e. The lowest BCUT2D eigenvalue weighted by Crippen LogP contribution is -2.36. The smallest absolute Gasteiger partial charge is 0.131 e. The second-order valence-corrected chi connectivity index (χ2v) is 4.79. The number of halogens is 1. The van der Waals surface area contributed by atoms with Crippen LogP contribution in [-0.4, -0.2) is 25.1 Å². The van der Waals surface area contributed by atoms with E-state index in [1.54, 1.807) is 6.20 Å². The third kappa shape index (κ3) is 1.91. The lowest BCUT2D eigenvalue weighted by Gasteiger charge is -2.36. The highest BCUT2D eigenvalue weighted by Crippen LogP contribution is 2.36. The summed E-state index contributed by atoms with van der Waals surface area (Å²) >= 11 is 5.97. The average molecular weight is 260 g/mol. The molecule has 0 N–H and O–H groups in total. The number of likely N-dealkylation sites (N-methyl/N-ethyl adjacent to an activating group) is 1. The van der Waals surface area contributed by atoms with Gasteiger partial charge in [-0.3, -0.25) is 0 Å². The van der Waals surface area contributed by atoms with Crippen molar-refractivity contribution in [3.05, 3.63) is 47.7 Å². The van der Waals surface area contributed by atoms with Crippen LogP contribution >= 0.6 is 11.6 Å². The van der Waals surface area contributed by atoms with Gasteiger partial charge in [-0.25, -0.2) is 4.98 Å². The van der Waals surface area contributed by atoms with Crippen LogP contribution in [0.3, 0.4) is 0 Å². The molecule has 0 bridgehead atoms. The molecule has 1 aliphatic rings. The summed E-state index contributed by atoms with van der Waals surface area (Å²) < 4.78 is 0. The van der Waals surface area contributed by atoms with Crippen LogP contribution in [-0.2, 0) is 0 Å². The van der Waals surface area contributed by atoms with Crippen LogP contribution in [0.1, 0.15) is 0 Å². The molecule has 0 amide bonds. The van der Waals surface area contributed by atoms with E-state index < -0.39 is 0 Å². The second kappa shape index (κ2) is 4.50. The van der Waals surface area contributed by atoms with E-state index in [-0.39, 0.29) is 0 Å². The van der Waals surface area contributed by atoms with Gasteiger partial charge in [0.1, 0.15) is 5.15 Å². The number of rotatable bonds is 1. The molecule has 0 saturated carbocycles. The monoisotopic (exact) mass is 259 g/mol. The van der Waals surface area contributed by atoms with Crippen LogP contribution in [0.5, 0.6) is 0 Å². The van der Waals surface area contributed by atoms with Gasteiger partial charge in [0, 0.05) is 32.0 Å². The third-order valence-corrected chi connectivity index (χ3v) is 3.47. The van der Waals surface area contributed by atoms with E-state index in [2.05, 4.69) is 46.1 Å². The van der Waals surface area contributed by atoms with Crippen LogP contribution in [0.2, 0.25) is 5.15 Å². The Morgan fingerprint density at radius 2 is 1.89 bits per heavy atom. The van der Waals surface area contributed by atoms with Gasteiger partial charge in [0.15, 0.2) is 0 Å². The number of para-hydroxylation sites is 2. The van der Waals surface area contributed by atoms with E-state index in [9.17, 15) is 0 Å². The van der Waals surface area contributed by atoms with Crippen molar-refractivity contribution >= 4 is 28.7 Å². The summed E-state index contributed by atoms with van der Waals surface area (Å²) in [5, 5.41) is 0.531. The number of benzene rings is 1. The van der Waals surface area contributed by atoms with Crippen molar-refractivity contribution in [2.75, 3.05) is 29.9 Å². The van der Waals surface area contributed by atoms with Gasteiger partial charge in [-0.2, -0.15) is 0 Å². The predicted molar refractivity (Wildman–Crippen MR) is 76.0 cm³/mol. The number of hydrogen-bond acceptors (Lipinski definition) is 3. The van der Waals surface area contributed by atoms with Crippen molar-refractivity contribution in [1.29, 1.82) is 0 Å². The molecule has 3 rings (SSSR count). The fraction of sp³-hybridized carbons (Fsp3) is 0.214. The Morgan fingerprint density at radius 3 is 2.67 bits per heavy atom. The SMILES string of the molecule is CN1CCN(c2ccnc(Cl)c2)c2ccccc21. The molecule has 1 aromatic carbocycles. The minimum absolute atomic E-state index is 0.531. The van der Waals surface area contributed by atoms with Gasteiger partial charge in [0.2, 0.25) is 0 Å². The third-order valence-electron chi connectivity index (χ3n) is 3.26. The zero-order valence-electron chi connectivity index (χ0n) is 10.2. The second-order valence-electron chi connectivity index (χ2n) is 4.40. The molecule has 3 nitrogen and oxygen atoms in total. The molecule has 0 atom stereocenters. The van der Waals surface area contributed by atoms with Gasteiger partial charge in [-0.1, -0.05) is 23.7 Å². The Kier molecular flexibility index (Phi) is 2.84. The first-order chi connectivity index (χ1) is 8.75. The van der Waals surface area contributed by atoms with Crippen molar-refractivity contribution in [3.63, 3.8) is 0 Å². The Morgan fingerprint density at radius 1 is 1.11 bits per heavy atom. The number of fused-ring (bicyclic) bond motifs is 1. The molecule has 0 unspecified atom stereocenters. The molecule has 4 heteroatoms. The maximum atomic E-state index is 5.97. The first kappa shape index (κ1) is 11.4. The van der Waals surface area contributed by atoms with Gasteiger partial charge in [0.05, 0.1) is 11.4 Å². The average Bonchev–Trinajstić information content (AvgIpc) is 2.39. The number of aromatic nitrogens is 1. The standard InChI is InChI=1S/C14H14ClN3/c1-17-8-9-18(11-6-7-16-14(15)10-11)13-5-3-2-4-12(13)17/h2-7,10H,8-9H2,1H3. The Hall–Kier alpha value is -1.74. The van der Waals surface area contributed by atoms with Gasteiger partial charge >= 0.3 is 0 Å². The normalized spacial score (nSPS) is 14.6. The zero-order valence-corrected chi connectivity index (χ0v) is 10.9. The number of anilines is 3. The quantitative estimate of drug-likeness (QED) is 0.733. The molecule has 0 saturated heterocycles. The summed E-state index contributed by atoms with van der Waals surface area (Å²) in [5.74, 6) is 0.